The number of hydrogen-bond acceptors (Lipinski definition) is 9. The van der Waals surface area contributed by atoms with Crippen molar-refractivity contribution in [2.75, 3.05) is 26.4 Å². The van der Waals surface area contributed by atoms with Crippen LogP contribution in [0.1, 0.15) is 206 Å². The third kappa shape index (κ3) is 38.8. The smallest absolute Gasteiger partial charge is 0.462 e. The van der Waals surface area contributed by atoms with Gasteiger partial charge < -0.3 is 24.6 Å². The minimum Gasteiger partial charge on any atom is -0.462 e. The van der Waals surface area contributed by atoms with Crippen molar-refractivity contribution < 1.29 is 47.8 Å². The molecule has 0 aromatic carbocycles. The molecule has 0 aliphatic carbocycles. The maximum atomic E-state index is 12.6. The van der Waals surface area contributed by atoms with Crippen LogP contribution in [-0.2, 0) is 32.7 Å². The Balaban J connectivity index is 4.28. The summed E-state index contributed by atoms with van der Waals surface area (Å²) in [5, 5.41) is 18.3. The number of aliphatic hydroxyl groups excluding tert-OH is 2. The molecular weight excluding hydrogens is 695 g/mol. The van der Waals surface area contributed by atoms with Gasteiger partial charge in [0.1, 0.15) is 12.7 Å². The van der Waals surface area contributed by atoms with Crippen LogP contribution in [0, 0.1) is 0 Å². The van der Waals surface area contributed by atoms with Crippen LogP contribution >= 0.6 is 7.82 Å². The van der Waals surface area contributed by atoms with Crippen molar-refractivity contribution in [3.63, 3.8) is 0 Å². The lowest BCUT2D eigenvalue weighted by atomic mass is 10.0. The molecule has 0 heterocycles. The summed E-state index contributed by atoms with van der Waals surface area (Å²) in [7, 11) is -4.61. The molecule has 3 atom stereocenters. The normalized spacial score (nSPS) is 14.0. The summed E-state index contributed by atoms with van der Waals surface area (Å²) in [6.07, 6.45) is 36.0. The average Bonchev–Trinajstić information content (AvgIpc) is 3.14. The van der Waals surface area contributed by atoms with Crippen LogP contribution in [0.2, 0.25) is 0 Å². The van der Waals surface area contributed by atoms with Crippen LogP contribution in [0.4, 0.5) is 0 Å². The van der Waals surface area contributed by atoms with Crippen LogP contribution in [0.5, 0.6) is 0 Å². The highest BCUT2D eigenvalue weighted by molar-refractivity contribution is 7.47. The third-order valence-electron chi connectivity index (χ3n) is 9.42. The summed E-state index contributed by atoms with van der Waals surface area (Å²) in [5.41, 5.74) is 0. The molecule has 0 spiro atoms. The molecule has 0 amide bonds. The van der Waals surface area contributed by atoms with Gasteiger partial charge >= 0.3 is 19.8 Å². The van der Waals surface area contributed by atoms with Crippen molar-refractivity contribution in [2.45, 2.75) is 219 Å². The van der Waals surface area contributed by atoms with Gasteiger partial charge in [-0.05, 0) is 38.5 Å². The predicted molar refractivity (Wildman–Crippen MR) is 215 cm³/mol. The van der Waals surface area contributed by atoms with Crippen LogP contribution < -0.4 is 0 Å². The molecule has 0 aromatic heterocycles. The first-order chi connectivity index (χ1) is 25.7. The van der Waals surface area contributed by atoms with Crippen LogP contribution in [0.15, 0.2) is 12.2 Å². The Bertz CT molecular complexity index is 899. The average molecular weight is 777 g/mol. The molecule has 0 fully saturated rings. The molecule has 11 heteroatoms. The Morgan fingerprint density at radius 1 is 0.547 bits per heavy atom. The molecular formula is C42H81O10P. The second-order valence-corrected chi connectivity index (χ2v) is 16.2. The number of hydrogen-bond donors (Lipinski definition) is 3. The third-order valence-corrected chi connectivity index (χ3v) is 10.4. The number of phosphoric ester groups is 1. The van der Waals surface area contributed by atoms with Crippen molar-refractivity contribution in [1.29, 1.82) is 0 Å². The first-order valence-electron chi connectivity index (χ1n) is 21.6. The highest BCUT2D eigenvalue weighted by Crippen LogP contribution is 2.43. The van der Waals surface area contributed by atoms with Gasteiger partial charge in [-0.15, -0.1) is 0 Å². The van der Waals surface area contributed by atoms with Gasteiger partial charge in [0, 0.05) is 12.8 Å². The van der Waals surface area contributed by atoms with E-state index < -0.39 is 51.8 Å². The summed E-state index contributed by atoms with van der Waals surface area (Å²) >= 11 is 0. The number of esters is 2. The lowest BCUT2D eigenvalue weighted by molar-refractivity contribution is -0.161. The van der Waals surface area contributed by atoms with Crippen molar-refractivity contribution in [1.82, 2.24) is 0 Å². The SMILES string of the molecule is CCCCCCCCC=CCCCCCCCC(=O)O[C@H](COC(=O)CCCCCCCCCCCCCCCCC)COP(=O)(O)OC[C@@H](O)CO. The van der Waals surface area contributed by atoms with E-state index in [1.165, 1.54) is 109 Å². The van der Waals surface area contributed by atoms with Gasteiger partial charge in [0.2, 0.25) is 0 Å². The van der Waals surface area contributed by atoms with Crippen molar-refractivity contribution in [3.8, 4) is 0 Å². The molecule has 3 N–H and O–H groups in total. The van der Waals surface area contributed by atoms with Crippen LogP contribution in [-0.4, -0.2) is 65.7 Å². The molecule has 0 saturated carbocycles. The number of unbranched alkanes of at least 4 members (excludes halogenated alkanes) is 25. The molecule has 53 heavy (non-hydrogen) atoms. The molecule has 314 valence electrons. The van der Waals surface area contributed by atoms with E-state index in [1.807, 2.05) is 0 Å². The highest BCUT2D eigenvalue weighted by Gasteiger charge is 2.27. The van der Waals surface area contributed by atoms with Crippen molar-refractivity contribution >= 4 is 19.8 Å². The number of rotatable bonds is 41. The topological polar surface area (TPSA) is 149 Å². The lowest BCUT2D eigenvalue weighted by Gasteiger charge is -2.20. The van der Waals surface area contributed by atoms with E-state index in [-0.39, 0.29) is 19.4 Å². The van der Waals surface area contributed by atoms with E-state index in [9.17, 15) is 24.2 Å². The summed E-state index contributed by atoms with van der Waals surface area (Å²) in [6, 6.07) is 0. The monoisotopic (exact) mass is 777 g/mol. The molecule has 0 rings (SSSR count). The van der Waals surface area contributed by atoms with E-state index in [0.717, 1.165) is 57.8 Å². The molecule has 0 radical (unpaired) electrons. The zero-order valence-corrected chi connectivity index (χ0v) is 34.9. The molecule has 0 bridgehead atoms. The number of ether oxygens (including phenoxy) is 2. The van der Waals surface area contributed by atoms with Crippen LogP contribution in [0.3, 0.4) is 0 Å². The Hall–Kier alpha value is -1.29. The fourth-order valence-electron chi connectivity index (χ4n) is 6.05. The first-order valence-corrected chi connectivity index (χ1v) is 23.1. The number of allylic oxidation sites excluding steroid dienone is 2. The Labute approximate surface area is 324 Å². The van der Waals surface area contributed by atoms with Crippen molar-refractivity contribution in [3.05, 3.63) is 12.2 Å². The Kier molecular flexibility index (Phi) is 38.0. The predicted octanol–water partition coefficient (Wildman–Crippen LogP) is 11.2. The van der Waals surface area contributed by atoms with Gasteiger partial charge in [0.05, 0.1) is 19.8 Å². The maximum Gasteiger partial charge on any atom is 0.472 e. The van der Waals surface area contributed by atoms with E-state index in [4.69, 9.17) is 19.1 Å². The van der Waals surface area contributed by atoms with Gasteiger partial charge in [-0.25, -0.2) is 4.57 Å². The number of carbonyl (C=O) groups excluding carboxylic acids is 2. The summed E-state index contributed by atoms with van der Waals surface area (Å²) in [6.45, 7) is 2.39. The van der Waals surface area contributed by atoms with E-state index in [2.05, 4.69) is 30.5 Å². The van der Waals surface area contributed by atoms with E-state index >= 15 is 0 Å². The van der Waals surface area contributed by atoms with Gasteiger partial charge in [0.25, 0.3) is 0 Å². The lowest BCUT2D eigenvalue weighted by Crippen LogP contribution is -2.29. The minimum absolute atomic E-state index is 0.178. The Morgan fingerprint density at radius 3 is 1.36 bits per heavy atom. The highest BCUT2D eigenvalue weighted by atomic mass is 31.2. The molecule has 0 aliphatic rings. The molecule has 1 unspecified atom stereocenters. The van der Waals surface area contributed by atoms with Gasteiger partial charge in [0.15, 0.2) is 6.10 Å². The summed E-state index contributed by atoms with van der Waals surface area (Å²) in [5.74, 6) is -0.924. The largest absolute Gasteiger partial charge is 0.472 e. The first kappa shape index (κ1) is 51.7. The van der Waals surface area contributed by atoms with Crippen molar-refractivity contribution in [2.24, 2.45) is 0 Å². The second kappa shape index (κ2) is 39.0. The maximum absolute atomic E-state index is 12.6. The molecule has 0 aromatic rings. The molecule has 0 aliphatic heterocycles. The van der Waals surface area contributed by atoms with E-state index in [1.54, 1.807) is 0 Å². The van der Waals surface area contributed by atoms with Gasteiger partial charge in [-0.3, -0.25) is 18.6 Å². The van der Waals surface area contributed by atoms with Gasteiger partial charge in [-0.2, -0.15) is 0 Å². The fourth-order valence-corrected chi connectivity index (χ4v) is 6.84. The summed E-state index contributed by atoms with van der Waals surface area (Å²) < 4.78 is 32.7. The zero-order valence-electron chi connectivity index (χ0n) is 34.0. The fraction of sp³-hybridized carbons (Fsp3) is 0.905. The van der Waals surface area contributed by atoms with E-state index in [0.29, 0.717) is 12.8 Å². The number of aliphatic hydroxyl groups is 2. The zero-order chi connectivity index (χ0) is 39.1. The van der Waals surface area contributed by atoms with Gasteiger partial charge in [-0.1, -0.05) is 167 Å². The number of phosphoric acid groups is 1. The Morgan fingerprint density at radius 2 is 0.925 bits per heavy atom. The molecule has 10 nitrogen and oxygen atoms in total. The molecule has 0 saturated heterocycles. The summed E-state index contributed by atoms with van der Waals surface area (Å²) in [4.78, 5) is 34.9. The minimum atomic E-state index is -4.61. The quantitative estimate of drug-likeness (QED) is 0.0237. The standard InChI is InChI=1S/C42H81O10P/c1-3-5-7-9-11-13-15-17-19-21-23-25-27-29-31-33-41(45)49-37-40(38-51-53(47,48)50-36-39(44)35-43)52-42(46)34-32-30-28-26-24-22-20-18-16-14-12-10-8-6-4-2/h18,20,39-40,43-44H,3-17,19,21-38H2,1-2H3,(H,47,48)/t39-,40+/m0/s1. The second-order valence-electron chi connectivity index (χ2n) is 14.7. The van der Waals surface area contributed by atoms with Crippen LogP contribution in [0.25, 0.3) is 0 Å². The number of carbonyl (C=O) groups is 2.